The molecule has 3 rings (SSSR count). The summed E-state index contributed by atoms with van der Waals surface area (Å²) in [5, 5.41) is 2.94. The molecule has 1 aromatic carbocycles. The predicted octanol–water partition coefficient (Wildman–Crippen LogP) is 3.29. The van der Waals surface area contributed by atoms with E-state index in [9.17, 15) is 4.79 Å². The Hall–Kier alpha value is -2.36. The zero-order valence-electron chi connectivity index (χ0n) is 14.2. The fourth-order valence-corrected chi connectivity index (χ4v) is 3.03. The molecule has 1 N–H and O–H groups in total. The van der Waals surface area contributed by atoms with Crippen LogP contribution in [-0.2, 0) is 6.42 Å². The summed E-state index contributed by atoms with van der Waals surface area (Å²) in [4.78, 5) is 18.9. The molecule has 0 atom stereocenters. The summed E-state index contributed by atoms with van der Waals surface area (Å²) in [6.45, 7) is 5.08. The molecule has 2 heterocycles. The molecule has 0 bridgehead atoms. The van der Waals surface area contributed by atoms with Crippen LogP contribution in [0.1, 0.15) is 35.8 Å². The second kappa shape index (κ2) is 7.95. The van der Waals surface area contributed by atoms with Gasteiger partial charge in [0.1, 0.15) is 5.69 Å². The van der Waals surface area contributed by atoms with Crippen molar-refractivity contribution < 1.29 is 4.79 Å². The topological polar surface area (TPSA) is 45.2 Å². The van der Waals surface area contributed by atoms with Crippen LogP contribution in [0, 0.1) is 5.92 Å². The minimum Gasteiger partial charge on any atom is -0.370 e. The van der Waals surface area contributed by atoms with Crippen LogP contribution in [0.2, 0.25) is 0 Å². The Morgan fingerprint density at radius 2 is 1.92 bits per heavy atom. The quantitative estimate of drug-likeness (QED) is 0.918. The molecule has 1 aliphatic heterocycles. The van der Waals surface area contributed by atoms with Gasteiger partial charge in [0.15, 0.2) is 0 Å². The van der Waals surface area contributed by atoms with E-state index in [-0.39, 0.29) is 5.91 Å². The maximum Gasteiger partial charge on any atom is 0.269 e. The number of nitrogens with zero attached hydrogens (tertiary/aromatic N) is 2. The second-order valence-electron chi connectivity index (χ2n) is 6.56. The van der Waals surface area contributed by atoms with Gasteiger partial charge in [-0.15, -0.1) is 0 Å². The highest BCUT2D eigenvalue weighted by Gasteiger charge is 2.16. The normalized spacial score (nSPS) is 15.3. The van der Waals surface area contributed by atoms with E-state index in [2.05, 4.69) is 34.3 Å². The van der Waals surface area contributed by atoms with Crippen molar-refractivity contribution in [1.82, 2.24) is 10.3 Å². The number of piperidine rings is 1. The molecule has 1 amide bonds. The van der Waals surface area contributed by atoms with E-state index in [1.807, 2.05) is 36.5 Å². The Kier molecular flexibility index (Phi) is 5.47. The van der Waals surface area contributed by atoms with Crippen molar-refractivity contribution in [3.05, 3.63) is 59.9 Å². The molecular weight excluding hydrogens is 298 g/mol. The molecular formula is C20H25N3O. The Labute approximate surface area is 143 Å². The smallest absolute Gasteiger partial charge is 0.269 e. The van der Waals surface area contributed by atoms with Crippen LogP contribution < -0.4 is 10.2 Å². The number of aromatic nitrogens is 1. The van der Waals surface area contributed by atoms with Crippen molar-refractivity contribution in [2.75, 3.05) is 24.5 Å². The first-order chi connectivity index (χ1) is 11.7. The number of hydrogen-bond donors (Lipinski definition) is 1. The van der Waals surface area contributed by atoms with Gasteiger partial charge in [0.05, 0.1) is 11.9 Å². The Balaban J connectivity index is 1.50. The molecule has 0 unspecified atom stereocenters. The highest BCUT2D eigenvalue weighted by atomic mass is 16.1. The maximum absolute atomic E-state index is 12.2. The van der Waals surface area contributed by atoms with E-state index < -0.39 is 0 Å². The van der Waals surface area contributed by atoms with Crippen molar-refractivity contribution in [3.63, 3.8) is 0 Å². The van der Waals surface area contributed by atoms with Gasteiger partial charge in [-0.05, 0) is 42.9 Å². The lowest BCUT2D eigenvalue weighted by Gasteiger charge is -2.31. The van der Waals surface area contributed by atoms with Gasteiger partial charge < -0.3 is 10.2 Å². The molecule has 0 aliphatic carbocycles. The molecule has 1 aliphatic rings. The van der Waals surface area contributed by atoms with Gasteiger partial charge in [0, 0.05) is 19.6 Å². The summed E-state index contributed by atoms with van der Waals surface area (Å²) in [5.41, 5.74) is 2.82. The van der Waals surface area contributed by atoms with Crippen molar-refractivity contribution in [3.8, 4) is 0 Å². The molecule has 1 fully saturated rings. The molecule has 24 heavy (non-hydrogen) atoms. The maximum atomic E-state index is 12.2. The molecule has 126 valence electrons. The van der Waals surface area contributed by atoms with Gasteiger partial charge in [0.2, 0.25) is 0 Å². The van der Waals surface area contributed by atoms with Crippen molar-refractivity contribution >= 4 is 11.6 Å². The SMILES string of the molecule is CC1CCN(c2ccc(C(=O)NCCc3ccccc3)nc2)CC1. The molecule has 1 saturated heterocycles. The number of amides is 1. The largest absolute Gasteiger partial charge is 0.370 e. The summed E-state index contributed by atoms with van der Waals surface area (Å²) in [6.07, 6.45) is 5.10. The van der Waals surface area contributed by atoms with Crippen LogP contribution >= 0.6 is 0 Å². The Morgan fingerprint density at radius 1 is 1.17 bits per heavy atom. The van der Waals surface area contributed by atoms with Crippen molar-refractivity contribution in [1.29, 1.82) is 0 Å². The minimum atomic E-state index is -0.107. The van der Waals surface area contributed by atoms with Crippen molar-refractivity contribution in [2.45, 2.75) is 26.2 Å². The first kappa shape index (κ1) is 16.5. The first-order valence-electron chi connectivity index (χ1n) is 8.75. The molecule has 4 heteroatoms. The average Bonchev–Trinajstić information content (AvgIpc) is 2.63. The molecule has 0 saturated carbocycles. The van der Waals surface area contributed by atoms with Gasteiger partial charge in [-0.1, -0.05) is 37.3 Å². The monoisotopic (exact) mass is 323 g/mol. The van der Waals surface area contributed by atoms with Crippen LogP contribution in [0.3, 0.4) is 0 Å². The van der Waals surface area contributed by atoms with Crippen LogP contribution in [0.4, 0.5) is 5.69 Å². The summed E-state index contributed by atoms with van der Waals surface area (Å²) in [5.74, 6) is 0.702. The zero-order chi connectivity index (χ0) is 16.8. The fourth-order valence-electron chi connectivity index (χ4n) is 3.03. The molecule has 2 aromatic rings. The molecule has 1 aromatic heterocycles. The van der Waals surface area contributed by atoms with Crippen LogP contribution in [0.15, 0.2) is 48.7 Å². The van der Waals surface area contributed by atoms with Gasteiger partial charge in [-0.25, -0.2) is 4.98 Å². The highest BCUT2D eigenvalue weighted by Crippen LogP contribution is 2.22. The number of nitrogens with one attached hydrogen (secondary N) is 1. The minimum absolute atomic E-state index is 0.107. The number of rotatable bonds is 5. The van der Waals surface area contributed by atoms with Gasteiger partial charge in [-0.3, -0.25) is 4.79 Å². The lowest BCUT2D eigenvalue weighted by Crippen LogP contribution is -2.33. The average molecular weight is 323 g/mol. The van der Waals surface area contributed by atoms with Crippen LogP contribution in [-0.4, -0.2) is 30.5 Å². The number of benzene rings is 1. The number of hydrogen-bond acceptors (Lipinski definition) is 3. The molecule has 0 spiro atoms. The zero-order valence-corrected chi connectivity index (χ0v) is 14.2. The third kappa shape index (κ3) is 4.34. The fraction of sp³-hybridized carbons (Fsp3) is 0.400. The Morgan fingerprint density at radius 3 is 2.58 bits per heavy atom. The van der Waals surface area contributed by atoms with E-state index in [1.165, 1.54) is 18.4 Å². The van der Waals surface area contributed by atoms with Crippen molar-refractivity contribution in [2.24, 2.45) is 5.92 Å². The third-order valence-corrected chi connectivity index (χ3v) is 4.67. The van der Waals surface area contributed by atoms with Gasteiger partial charge in [0.25, 0.3) is 5.91 Å². The Bertz CT molecular complexity index is 646. The van der Waals surface area contributed by atoms with E-state index >= 15 is 0 Å². The second-order valence-corrected chi connectivity index (χ2v) is 6.56. The molecule has 4 nitrogen and oxygen atoms in total. The van der Waals surface area contributed by atoms with E-state index in [1.54, 1.807) is 0 Å². The lowest BCUT2D eigenvalue weighted by molar-refractivity contribution is 0.0949. The lowest BCUT2D eigenvalue weighted by atomic mass is 9.99. The first-order valence-corrected chi connectivity index (χ1v) is 8.75. The van der Waals surface area contributed by atoms with E-state index in [4.69, 9.17) is 0 Å². The number of carbonyl (C=O) groups is 1. The van der Waals surface area contributed by atoms with Crippen LogP contribution in [0.25, 0.3) is 0 Å². The number of pyridine rings is 1. The van der Waals surface area contributed by atoms with Gasteiger partial charge in [-0.2, -0.15) is 0 Å². The molecule has 0 radical (unpaired) electrons. The number of carbonyl (C=O) groups excluding carboxylic acids is 1. The summed E-state index contributed by atoms with van der Waals surface area (Å²) in [7, 11) is 0. The third-order valence-electron chi connectivity index (χ3n) is 4.67. The highest BCUT2D eigenvalue weighted by molar-refractivity contribution is 5.92. The van der Waals surface area contributed by atoms with Gasteiger partial charge >= 0.3 is 0 Å². The number of anilines is 1. The summed E-state index contributed by atoms with van der Waals surface area (Å²) in [6, 6.07) is 14.0. The predicted molar refractivity (Wildman–Crippen MR) is 97.3 cm³/mol. The summed E-state index contributed by atoms with van der Waals surface area (Å²) < 4.78 is 0. The van der Waals surface area contributed by atoms with E-state index in [0.29, 0.717) is 12.2 Å². The van der Waals surface area contributed by atoms with E-state index in [0.717, 1.165) is 31.1 Å². The standard InChI is InChI=1S/C20H25N3O/c1-16-10-13-23(14-11-16)18-7-8-19(22-15-18)20(24)21-12-9-17-5-3-2-4-6-17/h2-8,15-16H,9-14H2,1H3,(H,21,24). The summed E-state index contributed by atoms with van der Waals surface area (Å²) >= 11 is 0. The van der Waals surface area contributed by atoms with Crippen LogP contribution in [0.5, 0.6) is 0 Å².